The van der Waals surface area contributed by atoms with E-state index in [0.717, 1.165) is 13.1 Å². The van der Waals surface area contributed by atoms with Crippen molar-refractivity contribution in [3.05, 3.63) is 35.4 Å². The number of fused-ring (bicyclic) bond motifs is 3. The van der Waals surface area contributed by atoms with Crippen LogP contribution >= 0.6 is 0 Å². The second-order valence-electron chi connectivity index (χ2n) is 5.51. The van der Waals surface area contributed by atoms with Crippen molar-refractivity contribution in [2.45, 2.75) is 18.3 Å². The fourth-order valence-electron chi connectivity index (χ4n) is 3.71. The number of esters is 1. The van der Waals surface area contributed by atoms with Gasteiger partial charge in [0.25, 0.3) is 0 Å². The average molecular weight is 245 g/mol. The van der Waals surface area contributed by atoms with E-state index in [2.05, 4.69) is 36.2 Å². The molecule has 1 saturated heterocycles. The number of carbonyl (C=O) groups excluding carboxylic acids is 1. The van der Waals surface area contributed by atoms with Gasteiger partial charge in [0.15, 0.2) is 0 Å². The first-order chi connectivity index (χ1) is 8.70. The third-order valence-electron chi connectivity index (χ3n) is 4.47. The highest BCUT2D eigenvalue weighted by molar-refractivity contribution is 5.71. The molecule has 3 atom stereocenters. The van der Waals surface area contributed by atoms with E-state index in [-0.39, 0.29) is 5.97 Å². The van der Waals surface area contributed by atoms with Crippen molar-refractivity contribution >= 4 is 5.97 Å². The van der Waals surface area contributed by atoms with Crippen molar-refractivity contribution in [3.63, 3.8) is 0 Å². The number of carbonyl (C=O) groups is 1. The maximum absolute atomic E-state index is 11.6. The maximum Gasteiger partial charge on any atom is 0.306 e. The number of likely N-dealkylation sites (tertiary alicyclic amines) is 1. The molecule has 2 aliphatic rings. The van der Waals surface area contributed by atoms with Crippen LogP contribution in [0.1, 0.15) is 29.4 Å². The Kier molecular flexibility index (Phi) is 2.86. The Hall–Kier alpha value is -1.35. The van der Waals surface area contributed by atoms with Crippen LogP contribution in [0, 0.1) is 5.92 Å². The Balaban J connectivity index is 1.95. The van der Waals surface area contributed by atoms with E-state index in [0.29, 0.717) is 24.2 Å². The molecule has 1 aromatic rings. The number of methoxy groups -OCH3 is 1. The maximum atomic E-state index is 11.6. The number of ether oxygens (including phenoxy) is 1. The SMILES string of the molecule is COC(=O)CC1c2ccccc2[C@@H]2CN(C)C[C@H]12. The Morgan fingerprint density at radius 1 is 1.33 bits per heavy atom. The van der Waals surface area contributed by atoms with Gasteiger partial charge >= 0.3 is 5.97 Å². The van der Waals surface area contributed by atoms with E-state index < -0.39 is 0 Å². The van der Waals surface area contributed by atoms with E-state index >= 15 is 0 Å². The molecule has 3 rings (SSSR count). The first-order valence-corrected chi connectivity index (χ1v) is 6.55. The van der Waals surface area contributed by atoms with Crippen molar-refractivity contribution < 1.29 is 9.53 Å². The molecule has 0 bridgehead atoms. The predicted octanol–water partition coefficient (Wildman–Crippen LogP) is 1.99. The van der Waals surface area contributed by atoms with Crippen LogP contribution in [-0.2, 0) is 9.53 Å². The highest BCUT2D eigenvalue weighted by Gasteiger charge is 2.45. The summed E-state index contributed by atoms with van der Waals surface area (Å²) >= 11 is 0. The molecule has 3 heteroatoms. The molecule has 96 valence electrons. The number of hydrogen-bond acceptors (Lipinski definition) is 3. The molecule has 0 N–H and O–H groups in total. The number of rotatable bonds is 2. The third kappa shape index (κ3) is 1.74. The number of likely N-dealkylation sites (N-methyl/N-ethyl adjacent to an activating group) is 1. The lowest BCUT2D eigenvalue weighted by atomic mass is 9.87. The van der Waals surface area contributed by atoms with E-state index in [1.807, 2.05) is 0 Å². The van der Waals surface area contributed by atoms with Crippen LogP contribution in [0.15, 0.2) is 24.3 Å². The molecule has 0 radical (unpaired) electrons. The highest BCUT2D eigenvalue weighted by atomic mass is 16.5. The first kappa shape index (κ1) is 11.7. The van der Waals surface area contributed by atoms with Gasteiger partial charge in [-0.15, -0.1) is 0 Å². The van der Waals surface area contributed by atoms with Crippen molar-refractivity contribution in [1.82, 2.24) is 4.90 Å². The van der Waals surface area contributed by atoms with E-state index in [1.165, 1.54) is 18.2 Å². The zero-order valence-electron chi connectivity index (χ0n) is 10.9. The van der Waals surface area contributed by atoms with Crippen LogP contribution in [0.3, 0.4) is 0 Å². The van der Waals surface area contributed by atoms with Crippen LogP contribution in [-0.4, -0.2) is 38.1 Å². The smallest absolute Gasteiger partial charge is 0.306 e. The summed E-state index contributed by atoms with van der Waals surface area (Å²) < 4.78 is 4.85. The molecule has 3 nitrogen and oxygen atoms in total. The molecule has 1 aliphatic heterocycles. The second-order valence-corrected chi connectivity index (χ2v) is 5.51. The summed E-state index contributed by atoms with van der Waals surface area (Å²) in [6.07, 6.45) is 0.516. The van der Waals surface area contributed by atoms with Gasteiger partial charge in [-0.3, -0.25) is 4.79 Å². The lowest BCUT2D eigenvalue weighted by Gasteiger charge is -2.18. The first-order valence-electron chi connectivity index (χ1n) is 6.55. The summed E-state index contributed by atoms with van der Waals surface area (Å²) in [6.45, 7) is 2.19. The minimum absolute atomic E-state index is 0.0926. The Labute approximate surface area is 108 Å². The quantitative estimate of drug-likeness (QED) is 0.746. The number of benzene rings is 1. The predicted molar refractivity (Wildman–Crippen MR) is 69.5 cm³/mol. The average Bonchev–Trinajstić information content (AvgIpc) is 2.88. The molecular formula is C15H19NO2. The third-order valence-corrected chi connectivity index (χ3v) is 4.47. The largest absolute Gasteiger partial charge is 0.469 e. The minimum atomic E-state index is -0.0926. The van der Waals surface area contributed by atoms with E-state index in [4.69, 9.17) is 4.74 Å². The Bertz CT molecular complexity index is 471. The summed E-state index contributed by atoms with van der Waals surface area (Å²) in [4.78, 5) is 14.0. The van der Waals surface area contributed by atoms with Gasteiger partial charge in [0.2, 0.25) is 0 Å². The van der Waals surface area contributed by atoms with Gasteiger partial charge in [-0.1, -0.05) is 24.3 Å². The molecular weight excluding hydrogens is 226 g/mol. The summed E-state index contributed by atoms with van der Waals surface area (Å²) in [5.74, 6) is 1.42. The summed E-state index contributed by atoms with van der Waals surface area (Å²) in [7, 11) is 3.64. The zero-order chi connectivity index (χ0) is 12.7. The van der Waals surface area contributed by atoms with Crippen LogP contribution in [0.2, 0.25) is 0 Å². The standard InChI is InChI=1S/C15H19NO2/c1-16-8-13-11-6-4-3-5-10(11)12(14(13)9-16)7-15(17)18-2/h3-6,12-14H,7-9H2,1-2H3/t12?,13-,14+/m0/s1. The van der Waals surface area contributed by atoms with Crippen LogP contribution in [0.25, 0.3) is 0 Å². The number of nitrogens with zero attached hydrogens (tertiary/aromatic N) is 1. The zero-order valence-corrected chi connectivity index (χ0v) is 10.9. The van der Waals surface area contributed by atoms with Gasteiger partial charge in [-0.2, -0.15) is 0 Å². The summed E-state index contributed by atoms with van der Waals surface area (Å²) in [5.41, 5.74) is 2.81. The molecule has 1 fully saturated rings. The molecule has 1 unspecified atom stereocenters. The molecule has 0 saturated carbocycles. The van der Waals surface area contributed by atoms with Crippen LogP contribution in [0.5, 0.6) is 0 Å². The molecule has 0 spiro atoms. The van der Waals surface area contributed by atoms with Crippen LogP contribution < -0.4 is 0 Å². The van der Waals surface area contributed by atoms with Gasteiger partial charge in [-0.25, -0.2) is 0 Å². The monoisotopic (exact) mass is 245 g/mol. The Morgan fingerprint density at radius 3 is 2.78 bits per heavy atom. The summed E-state index contributed by atoms with van der Waals surface area (Å²) in [5, 5.41) is 0. The highest BCUT2D eigenvalue weighted by Crippen LogP contribution is 2.51. The number of hydrogen-bond donors (Lipinski definition) is 0. The fourth-order valence-corrected chi connectivity index (χ4v) is 3.71. The van der Waals surface area contributed by atoms with Crippen molar-refractivity contribution in [2.75, 3.05) is 27.2 Å². The topological polar surface area (TPSA) is 29.5 Å². The molecule has 1 heterocycles. The summed E-state index contributed by atoms with van der Waals surface area (Å²) in [6, 6.07) is 8.59. The lowest BCUT2D eigenvalue weighted by Crippen LogP contribution is -2.19. The van der Waals surface area contributed by atoms with Crippen molar-refractivity contribution in [2.24, 2.45) is 5.92 Å². The van der Waals surface area contributed by atoms with Gasteiger partial charge in [0.05, 0.1) is 13.5 Å². The molecule has 1 aromatic carbocycles. The van der Waals surface area contributed by atoms with Gasteiger partial charge in [0.1, 0.15) is 0 Å². The van der Waals surface area contributed by atoms with Gasteiger partial charge < -0.3 is 9.64 Å². The Morgan fingerprint density at radius 2 is 2.06 bits per heavy atom. The molecule has 0 aromatic heterocycles. The minimum Gasteiger partial charge on any atom is -0.469 e. The second kappa shape index (κ2) is 4.39. The van der Waals surface area contributed by atoms with Crippen LogP contribution in [0.4, 0.5) is 0 Å². The normalized spacial score (nSPS) is 30.0. The lowest BCUT2D eigenvalue weighted by molar-refractivity contribution is -0.141. The van der Waals surface area contributed by atoms with Crippen molar-refractivity contribution in [1.29, 1.82) is 0 Å². The molecule has 1 aliphatic carbocycles. The molecule has 0 amide bonds. The molecule has 18 heavy (non-hydrogen) atoms. The van der Waals surface area contributed by atoms with E-state index in [1.54, 1.807) is 0 Å². The van der Waals surface area contributed by atoms with E-state index in [9.17, 15) is 4.79 Å². The fraction of sp³-hybridized carbons (Fsp3) is 0.533. The van der Waals surface area contributed by atoms with Gasteiger partial charge in [-0.05, 0) is 30.0 Å². The van der Waals surface area contributed by atoms with Crippen molar-refractivity contribution in [3.8, 4) is 0 Å². The van der Waals surface area contributed by atoms with Gasteiger partial charge in [0, 0.05) is 19.0 Å².